The summed E-state index contributed by atoms with van der Waals surface area (Å²) in [6, 6.07) is 7.20. The lowest BCUT2D eigenvalue weighted by molar-refractivity contribution is -0.277. The van der Waals surface area contributed by atoms with Crippen molar-refractivity contribution in [2.24, 2.45) is 0 Å². The van der Waals surface area contributed by atoms with E-state index in [1.54, 1.807) is 0 Å². The molecule has 244 valence electrons. The summed E-state index contributed by atoms with van der Waals surface area (Å²) in [5.74, 6) is -3.21. The van der Waals surface area contributed by atoms with E-state index in [-0.39, 0.29) is 28.4 Å². The van der Waals surface area contributed by atoms with Crippen molar-refractivity contribution in [1.82, 2.24) is 0 Å². The number of esters is 1. The van der Waals surface area contributed by atoms with Crippen LogP contribution in [0.4, 0.5) is 0 Å². The average Bonchev–Trinajstić information content (AvgIpc) is 3.02. The normalized spacial score (nSPS) is 31.8. The van der Waals surface area contributed by atoms with Crippen LogP contribution in [0.2, 0.25) is 0 Å². The highest BCUT2D eigenvalue weighted by Crippen LogP contribution is 2.38. The second-order valence-corrected chi connectivity index (χ2v) is 10.3. The van der Waals surface area contributed by atoms with E-state index in [0.29, 0.717) is 0 Å². The van der Waals surface area contributed by atoms with E-state index in [4.69, 9.17) is 23.4 Å². The van der Waals surface area contributed by atoms with Crippen LogP contribution in [0.5, 0.6) is 23.0 Å². The smallest absolute Gasteiger partial charge is 0.337 e. The lowest BCUT2D eigenvalue weighted by atomic mass is 9.99. The maximum absolute atomic E-state index is 13.8. The highest BCUT2D eigenvalue weighted by Gasteiger charge is 2.49. The van der Waals surface area contributed by atoms with E-state index in [1.807, 2.05) is 0 Å². The molecule has 17 nitrogen and oxygen atoms in total. The van der Waals surface area contributed by atoms with Crippen molar-refractivity contribution in [3.05, 3.63) is 46.6 Å². The van der Waals surface area contributed by atoms with E-state index < -0.39 is 96.3 Å². The fourth-order valence-corrected chi connectivity index (χ4v) is 4.91. The van der Waals surface area contributed by atoms with Crippen molar-refractivity contribution in [1.29, 1.82) is 0 Å². The van der Waals surface area contributed by atoms with Gasteiger partial charge in [-0.1, -0.05) is 0 Å². The number of fused-ring (bicyclic) bond motifs is 1. The standard InChI is InChI=1S/C28H30O17/c1-40-26(39)25-20(36)19(35)22(38)27(45-25)41-11-6-12(31)15-13(7-11)42-23(9-2-4-10(30)5-3-9)24(17(15)33)44-28-21(37)18(34)16(32)14(8-29)43-28/h2-7,14,16,18-22,25,27-32,34-38H,8H2,1H3. The number of rotatable bonds is 7. The van der Waals surface area contributed by atoms with Gasteiger partial charge in [0, 0.05) is 17.7 Å². The number of carbonyl (C=O) groups excluding carboxylic acids is 1. The van der Waals surface area contributed by atoms with Crippen molar-refractivity contribution in [3.8, 4) is 34.3 Å². The number of aromatic hydroxyl groups is 2. The van der Waals surface area contributed by atoms with Crippen LogP contribution < -0.4 is 14.9 Å². The number of hydrogen-bond donors (Lipinski definition) is 9. The number of phenols is 2. The van der Waals surface area contributed by atoms with Crippen LogP contribution in [0, 0.1) is 0 Å². The number of aliphatic hydroxyl groups excluding tert-OH is 7. The zero-order valence-electron chi connectivity index (χ0n) is 23.2. The molecule has 3 heterocycles. The van der Waals surface area contributed by atoms with Crippen LogP contribution >= 0.6 is 0 Å². The minimum atomic E-state index is -1.90. The van der Waals surface area contributed by atoms with Crippen LogP contribution in [0.25, 0.3) is 22.3 Å². The molecule has 3 aromatic rings. The third-order valence-electron chi connectivity index (χ3n) is 7.37. The van der Waals surface area contributed by atoms with Crippen molar-refractivity contribution in [2.45, 2.75) is 61.4 Å². The average molecular weight is 639 g/mol. The molecular formula is C28H30O17. The van der Waals surface area contributed by atoms with Crippen LogP contribution in [-0.4, -0.2) is 127 Å². The summed E-state index contributed by atoms with van der Waals surface area (Å²) >= 11 is 0. The maximum Gasteiger partial charge on any atom is 0.337 e. The third kappa shape index (κ3) is 6.00. The van der Waals surface area contributed by atoms with Gasteiger partial charge in [0.15, 0.2) is 11.9 Å². The van der Waals surface area contributed by atoms with Gasteiger partial charge >= 0.3 is 5.97 Å². The van der Waals surface area contributed by atoms with E-state index in [2.05, 4.69) is 4.74 Å². The van der Waals surface area contributed by atoms with E-state index >= 15 is 0 Å². The number of methoxy groups -OCH3 is 1. The van der Waals surface area contributed by atoms with E-state index in [9.17, 15) is 55.5 Å². The quantitative estimate of drug-likeness (QED) is 0.120. The van der Waals surface area contributed by atoms with Gasteiger partial charge in [0.1, 0.15) is 70.9 Å². The first-order chi connectivity index (χ1) is 21.4. The number of ether oxygens (including phenoxy) is 5. The van der Waals surface area contributed by atoms with Crippen LogP contribution in [0.15, 0.2) is 45.6 Å². The van der Waals surface area contributed by atoms with Crippen molar-refractivity contribution in [3.63, 3.8) is 0 Å². The highest BCUT2D eigenvalue weighted by molar-refractivity contribution is 5.88. The molecule has 17 heteroatoms. The fraction of sp³-hybridized carbons (Fsp3) is 0.429. The first-order valence-corrected chi connectivity index (χ1v) is 13.4. The number of phenolic OH excluding ortho intramolecular Hbond substituents is 2. The van der Waals surface area contributed by atoms with Gasteiger partial charge < -0.3 is 74.1 Å². The zero-order valence-corrected chi connectivity index (χ0v) is 23.2. The Bertz CT molecular complexity index is 1590. The van der Waals surface area contributed by atoms with Gasteiger partial charge in [-0.25, -0.2) is 4.79 Å². The van der Waals surface area contributed by atoms with Gasteiger partial charge in [0.05, 0.1) is 13.7 Å². The molecule has 2 fully saturated rings. The Morgan fingerprint density at radius 2 is 1.44 bits per heavy atom. The molecule has 2 saturated heterocycles. The fourth-order valence-electron chi connectivity index (χ4n) is 4.91. The number of hydrogen-bond acceptors (Lipinski definition) is 17. The van der Waals surface area contributed by atoms with Crippen molar-refractivity contribution < 1.29 is 78.9 Å². The molecule has 10 atom stereocenters. The molecule has 10 unspecified atom stereocenters. The summed E-state index contributed by atoms with van der Waals surface area (Å²) in [5, 5.41) is 91.2. The Hall–Kier alpha value is -4.04. The predicted molar refractivity (Wildman–Crippen MR) is 145 cm³/mol. The highest BCUT2D eigenvalue weighted by atomic mass is 16.7. The Morgan fingerprint density at radius 3 is 2.07 bits per heavy atom. The van der Waals surface area contributed by atoms with Gasteiger partial charge in [-0.3, -0.25) is 4.79 Å². The van der Waals surface area contributed by atoms with Gasteiger partial charge in [0.25, 0.3) is 0 Å². The monoisotopic (exact) mass is 638 g/mol. The maximum atomic E-state index is 13.8. The molecule has 2 aliphatic rings. The predicted octanol–water partition coefficient (Wildman–Crippen LogP) is -2.59. The Balaban J connectivity index is 1.57. The molecule has 0 bridgehead atoms. The molecule has 2 aliphatic heterocycles. The second-order valence-electron chi connectivity index (χ2n) is 10.3. The van der Waals surface area contributed by atoms with Gasteiger partial charge in [-0.2, -0.15) is 0 Å². The molecule has 0 spiro atoms. The van der Waals surface area contributed by atoms with Crippen molar-refractivity contribution >= 4 is 16.9 Å². The first kappa shape index (κ1) is 32.4. The Morgan fingerprint density at radius 1 is 0.822 bits per heavy atom. The molecule has 1 aromatic heterocycles. The van der Waals surface area contributed by atoms with Gasteiger partial charge in [0.2, 0.25) is 23.8 Å². The second kappa shape index (κ2) is 12.8. The lowest BCUT2D eigenvalue weighted by Crippen LogP contribution is -2.61. The Kier molecular flexibility index (Phi) is 9.17. The minimum absolute atomic E-state index is 0.140. The largest absolute Gasteiger partial charge is 0.508 e. The summed E-state index contributed by atoms with van der Waals surface area (Å²) in [6.45, 7) is -0.776. The molecule has 0 aliphatic carbocycles. The van der Waals surface area contributed by atoms with Gasteiger partial charge in [-0.05, 0) is 24.3 Å². The number of benzene rings is 2. The molecule has 45 heavy (non-hydrogen) atoms. The Labute approximate surface area is 252 Å². The molecule has 0 radical (unpaired) electrons. The van der Waals surface area contributed by atoms with Crippen LogP contribution in [0.3, 0.4) is 0 Å². The molecule has 5 rings (SSSR count). The topological polar surface area (TPSA) is 276 Å². The molecule has 9 N–H and O–H groups in total. The lowest BCUT2D eigenvalue weighted by Gasteiger charge is -2.39. The molecule has 0 saturated carbocycles. The number of carbonyl (C=O) groups is 1. The summed E-state index contributed by atoms with van der Waals surface area (Å²) in [7, 11) is 1.01. The van der Waals surface area contributed by atoms with Crippen LogP contribution in [0.1, 0.15) is 0 Å². The third-order valence-corrected chi connectivity index (χ3v) is 7.37. The summed E-state index contributed by atoms with van der Waals surface area (Å²) in [4.78, 5) is 25.8. The van der Waals surface area contributed by atoms with Gasteiger partial charge in [-0.15, -0.1) is 0 Å². The van der Waals surface area contributed by atoms with E-state index in [0.717, 1.165) is 19.2 Å². The summed E-state index contributed by atoms with van der Waals surface area (Å²) in [6.07, 6.45) is -17.8. The van der Waals surface area contributed by atoms with Crippen LogP contribution in [-0.2, 0) is 19.0 Å². The van der Waals surface area contributed by atoms with E-state index in [1.165, 1.54) is 24.3 Å². The summed E-state index contributed by atoms with van der Waals surface area (Å²) < 4.78 is 32.3. The number of aliphatic hydroxyl groups is 7. The zero-order chi connectivity index (χ0) is 32.7. The molecule has 0 amide bonds. The summed E-state index contributed by atoms with van der Waals surface area (Å²) in [5.41, 5.74) is -1.20. The SMILES string of the molecule is COC(=O)C1OC(Oc2cc(O)c3c(=O)c(OC4OC(CO)C(O)C(O)C4O)c(-c4ccc(O)cc4)oc3c2)C(O)C(O)C1O. The first-order valence-electron chi connectivity index (χ1n) is 13.4. The minimum Gasteiger partial charge on any atom is -0.508 e. The van der Waals surface area contributed by atoms with Crippen molar-refractivity contribution in [2.75, 3.05) is 13.7 Å². The molecular weight excluding hydrogens is 608 g/mol. The molecule has 2 aromatic carbocycles.